The summed E-state index contributed by atoms with van der Waals surface area (Å²) in [6.45, 7) is 4.15. The number of aryl methyl sites for hydroxylation is 3. The first-order valence-electron chi connectivity index (χ1n) is 8.25. The van der Waals surface area contributed by atoms with Crippen molar-refractivity contribution in [1.29, 1.82) is 0 Å². The van der Waals surface area contributed by atoms with E-state index < -0.39 is 0 Å². The van der Waals surface area contributed by atoms with E-state index in [4.69, 9.17) is 0 Å². The van der Waals surface area contributed by atoms with Crippen LogP contribution in [-0.2, 0) is 19.3 Å². The maximum absolute atomic E-state index is 13.7. The van der Waals surface area contributed by atoms with E-state index in [1.807, 2.05) is 31.2 Å². The van der Waals surface area contributed by atoms with Crippen LogP contribution in [0.5, 0.6) is 0 Å². The summed E-state index contributed by atoms with van der Waals surface area (Å²) in [7, 11) is 0. The number of allylic oxidation sites excluding steroid dienone is 1. The summed E-state index contributed by atoms with van der Waals surface area (Å²) in [6.07, 6.45) is 6.70. The van der Waals surface area contributed by atoms with Gasteiger partial charge in [0.25, 0.3) is 0 Å². The van der Waals surface area contributed by atoms with Gasteiger partial charge < -0.3 is 0 Å². The lowest BCUT2D eigenvalue weighted by atomic mass is 10.0. The van der Waals surface area contributed by atoms with Crippen molar-refractivity contribution in [1.82, 2.24) is 0 Å². The van der Waals surface area contributed by atoms with E-state index in [0.29, 0.717) is 5.56 Å². The highest BCUT2D eigenvalue weighted by Crippen LogP contribution is 2.18. The first-order valence-corrected chi connectivity index (χ1v) is 8.25. The Bertz CT molecular complexity index is 591. The smallest absolute Gasteiger partial charge is 0.126 e. The van der Waals surface area contributed by atoms with Crippen molar-refractivity contribution in [2.24, 2.45) is 0 Å². The van der Waals surface area contributed by atoms with Crippen LogP contribution in [0.15, 0.2) is 54.6 Å². The molecule has 0 aliphatic carbocycles. The Morgan fingerprint density at radius 1 is 0.773 bits per heavy atom. The SMILES string of the molecule is CCC=C(F)c1ccc(CCc2ccc(CCC)cc2)cc1. The minimum Gasteiger partial charge on any atom is -0.207 e. The van der Waals surface area contributed by atoms with Gasteiger partial charge in [-0.2, -0.15) is 0 Å². The minimum absolute atomic E-state index is 0.124. The zero-order valence-corrected chi connectivity index (χ0v) is 13.6. The van der Waals surface area contributed by atoms with Crippen molar-refractivity contribution in [3.8, 4) is 0 Å². The number of rotatable bonds is 7. The maximum atomic E-state index is 13.7. The van der Waals surface area contributed by atoms with Crippen LogP contribution in [0.25, 0.3) is 5.83 Å². The predicted molar refractivity (Wildman–Crippen MR) is 93.7 cm³/mol. The van der Waals surface area contributed by atoms with Crippen LogP contribution in [-0.4, -0.2) is 0 Å². The van der Waals surface area contributed by atoms with Gasteiger partial charge in [-0.3, -0.25) is 0 Å². The molecule has 0 heterocycles. The van der Waals surface area contributed by atoms with E-state index in [1.54, 1.807) is 6.08 Å². The van der Waals surface area contributed by atoms with Gasteiger partial charge in [0.1, 0.15) is 5.83 Å². The fourth-order valence-corrected chi connectivity index (χ4v) is 2.58. The van der Waals surface area contributed by atoms with Gasteiger partial charge in [-0.25, -0.2) is 4.39 Å². The normalized spacial score (nSPS) is 11.7. The molecule has 116 valence electrons. The molecule has 0 saturated carbocycles. The summed E-state index contributed by atoms with van der Waals surface area (Å²) in [5.41, 5.74) is 4.70. The van der Waals surface area contributed by atoms with Crippen LogP contribution >= 0.6 is 0 Å². The van der Waals surface area contributed by atoms with E-state index in [0.717, 1.165) is 25.7 Å². The lowest BCUT2D eigenvalue weighted by molar-refractivity contribution is 0.754. The summed E-state index contributed by atoms with van der Waals surface area (Å²) >= 11 is 0. The van der Waals surface area contributed by atoms with Crippen molar-refractivity contribution < 1.29 is 4.39 Å². The Morgan fingerprint density at radius 3 is 1.68 bits per heavy atom. The number of hydrogen-bond acceptors (Lipinski definition) is 0. The van der Waals surface area contributed by atoms with Crippen molar-refractivity contribution in [2.45, 2.75) is 46.0 Å². The second-order valence-corrected chi connectivity index (χ2v) is 5.72. The van der Waals surface area contributed by atoms with Gasteiger partial charge in [0.15, 0.2) is 0 Å². The molecule has 0 bridgehead atoms. The predicted octanol–water partition coefficient (Wildman–Crippen LogP) is 6.14. The molecule has 2 aromatic carbocycles. The topological polar surface area (TPSA) is 0 Å². The second kappa shape index (κ2) is 8.53. The molecule has 0 N–H and O–H groups in total. The summed E-state index contributed by atoms with van der Waals surface area (Å²) in [6, 6.07) is 16.7. The first-order chi connectivity index (χ1) is 10.7. The molecular formula is C21H25F. The lowest BCUT2D eigenvalue weighted by Crippen LogP contribution is -1.92. The highest BCUT2D eigenvalue weighted by Gasteiger charge is 2.01. The molecule has 0 radical (unpaired) electrons. The van der Waals surface area contributed by atoms with E-state index in [-0.39, 0.29) is 5.83 Å². The molecule has 0 amide bonds. The molecule has 2 aromatic rings. The van der Waals surface area contributed by atoms with Crippen LogP contribution < -0.4 is 0 Å². The first kappa shape index (κ1) is 16.5. The Kier molecular flexibility index (Phi) is 6.39. The average molecular weight is 296 g/mol. The average Bonchev–Trinajstić information content (AvgIpc) is 2.55. The monoisotopic (exact) mass is 296 g/mol. The van der Waals surface area contributed by atoms with Crippen LogP contribution in [0.3, 0.4) is 0 Å². The van der Waals surface area contributed by atoms with Crippen LogP contribution in [0, 0.1) is 0 Å². The van der Waals surface area contributed by atoms with Crippen molar-refractivity contribution in [3.63, 3.8) is 0 Å². The zero-order chi connectivity index (χ0) is 15.8. The third-order valence-electron chi connectivity index (χ3n) is 3.88. The van der Waals surface area contributed by atoms with Crippen LogP contribution in [0.2, 0.25) is 0 Å². The van der Waals surface area contributed by atoms with E-state index in [1.165, 1.54) is 23.1 Å². The molecule has 0 saturated heterocycles. The lowest BCUT2D eigenvalue weighted by Gasteiger charge is -2.05. The van der Waals surface area contributed by atoms with Gasteiger partial charge in [0.2, 0.25) is 0 Å². The van der Waals surface area contributed by atoms with Gasteiger partial charge >= 0.3 is 0 Å². The van der Waals surface area contributed by atoms with Crippen LogP contribution in [0.4, 0.5) is 4.39 Å². The Hall–Kier alpha value is -1.89. The molecule has 0 aromatic heterocycles. The van der Waals surface area contributed by atoms with Crippen molar-refractivity contribution in [2.75, 3.05) is 0 Å². The van der Waals surface area contributed by atoms with E-state index in [9.17, 15) is 4.39 Å². The number of halogens is 1. The standard InChI is InChI=1S/C21H25F/c1-3-5-17-7-9-18(10-8-17)11-12-19-13-15-20(16-14-19)21(22)6-4-2/h6-10,13-16H,3-5,11-12H2,1-2H3. The van der Waals surface area contributed by atoms with E-state index >= 15 is 0 Å². The summed E-state index contributed by atoms with van der Waals surface area (Å²) in [5.74, 6) is -0.124. The summed E-state index contributed by atoms with van der Waals surface area (Å²) in [5, 5.41) is 0. The number of hydrogen-bond donors (Lipinski definition) is 0. The Morgan fingerprint density at radius 2 is 1.23 bits per heavy atom. The molecule has 2 rings (SSSR count). The molecule has 0 spiro atoms. The number of benzene rings is 2. The van der Waals surface area contributed by atoms with Gasteiger partial charge in [-0.15, -0.1) is 0 Å². The second-order valence-electron chi connectivity index (χ2n) is 5.72. The largest absolute Gasteiger partial charge is 0.207 e. The van der Waals surface area contributed by atoms with Gasteiger partial charge in [0.05, 0.1) is 0 Å². The van der Waals surface area contributed by atoms with Crippen LogP contribution in [0.1, 0.15) is 48.9 Å². The van der Waals surface area contributed by atoms with Crippen molar-refractivity contribution >= 4 is 5.83 Å². The van der Waals surface area contributed by atoms with E-state index in [2.05, 4.69) is 31.2 Å². The molecule has 0 fully saturated rings. The fourth-order valence-electron chi connectivity index (χ4n) is 2.58. The van der Waals surface area contributed by atoms with Crippen molar-refractivity contribution in [3.05, 3.63) is 76.9 Å². The van der Waals surface area contributed by atoms with Gasteiger partial charge in [0, 0.05) is 5.56 Å². The molecule has 0 atom stereocenters. The molecule has 0 nitrogen and oxygen atoms in total. The van der Waals surface area contributed by atoms with Gasteiger partial charge in [-0.05, 0) is 48.4 Å². The Balaban J connectivity index is 1.92. The molecule has 0 aliphatic heterocycles. The maximum Gasteiger partial charge on any atom is 0.126 e. The fraction of sp³-hybridized carbons (Fsp3) is 0.333. The molecule has 22 heavy (non-hydrogen) atoms. The minimum atomic E-state index is -0.124. The molecular weight excluding hydrogens is 271 g/mol. The summed E-state index contributed by atoms with van der Waals surface area (Å²) < 4.78 is 13.7. The molecule has 1 heteroatoms. The molecule has 0 aliphatic rings. The quantitative estimate of drug-likeness (QED) is 0.575. The summed E-state index contributed by atoms with van der Waals surface area (Å²) in [4.78, 5) is 0. The zero-order valence-electron chi connectivity index (χ0n) is 13.6. The Labute approximate surface area is 133 Å². The highest BCUT2D eigenvalue weighted by molar-refractivity contribution is 5.59. The molecule has 0 unspecified atom stereocenters. The van der Waals surface area contributed by atoms with Gasteiger partial charge in [-0.1, -0.05) is 68.8 Å². The highest BCUT2D eigenvalue weighted by atomic mass is 19.1. The third kappa shape index (κ3) is 4.84. The third-order valence-corrected chi connectivity index (χ3v) is 3.88.